The van der Waals surface area contributed by atoms with Crippen LogP contribution in [0.15, 0.2) is 18.2 Å². The molecule has 4 nitrogen and oxygen atoms in total. The first-order valence-corrected chi connectivity index (χ1v) is 8.73. The fourth-order valence-electron chi connectivity index (χ4n) is 2.53. The monoisotopic (exact) mass is 300 g/mol. The summed E-state index contributed by atoms with van der Waals surface area (Å²) in [4.78, 5) is 2.03. The van der Waals surface area contributed by atoms with Crippen molar-refractivity contribution in [1.82, 2.24) is 5.32 Å². The van der Waals surface area contributed by atoms with Gasteiger partial charge in [0.15, 0.2) is 9.84 Å². The van der Waals surface area contributed by atoms with Crippen molar-refractivity contribution in [2.45, 2.75) is 19.9 Å². The van der Waals surface area contributed by atoms with Gasteiger partial charge in [-0.3, -0.25) is 0 Å². The second-order valence-corrected chi connectivity index (χ2v) is 7.43. The summed E-state index contributed by atoms with van der Waals surface area (Å²) in [6.45, 7) is 5.73. The zero-order valence-corrected chi connectivity index (χ0v) is 12.7. The molecule has 0 aromatic heterocycles. The molecule has 6 heteroatoms. The van der Waals surface area contributed by atoms with Gasteiger partial charge in [0, 0.05) is 24.8 Å². The second-order valence-electron chi connectivity index (χ2n) is 5.12. The van der Waals surface area contributed by atoms with Gasteiger partial charge in [-0.2, -0.15) is 0 Å². The first-order chi connectivity index (χ1) is 9.43. The van der Waals surface area contributed by atoms with Crippen LogP contribution in [0.4, 0.5) is 10.1 Å². The van der Waals surface area contributed by atoms with Gasteiger partial charge in [-0.15, -0.1) is 0 Å². The van der Waals surface area contributed by atoms with Crippen LogP contribution in [0, 0.1) is 5.82 Å². The van der Waals surface area contributed by atoms with Crippen LogP contribution in [0.1, 0.15) is 25.5 Å². The number of sulfone groups is 1. The van der Waals surface area contributed by atoms with Crippen molar-refractivity contribution in [3.05, 3.63) is 29.6 Å². The van der Waals surface area contributed by atoms with Crippen molar-refractivity contribution < 1.29 is 12.8 Å². The molecule has 0 radical (unpaired) electrons. The van der Waals surface area contributed by atoms with Crippen LogP contribution in [0.5, 0.6) is 0 Å². The maximum Gasteiger partial charge on any atom is 0.153 e. The van der Waals surface area contributed by atoms with Gasteiger partial charge in [0.05, 0.1) is 11.5 Å². The zero-order chi connectivity index (χ0) is 14.8. The molecule has 0 amide bonds. The largest absolute Gasteiger partial charge is 0.369 e. The zero-order valence-electron chi connectivity index (χ0n) is 11.9. The quantitative estimate of drug-likeness (QED) is 0.920. The van der Waals surface area contributed by atoms with Gasteiger partial charge in [0.1, 0.15) is 5.82 Å². The van der Waals surface area contributed by atoms with Crippen molar-refractivity contribution in [3.63, 3.8) is 0 Å². The van der Waals surface area contributed by atoms with Crippen molar-refractivity contribution in [2.75, 3.05) is 36.0 Å². The smallest absolute Gasteiger partial charge is 0.153 e. The highest BCUT2D eigenvalue weighted by atomic mass is 32.2. The predicted octanol–water partition coefficient (Wildman–Crippen LogP) is 1.73. The van der Waals surface area contributed by atoms with E-state index >= 15 is 0 Å². The Bertz CT molecular complexity index is 561. The lowest BCUT2D eigenvalue weighted by Crippen LogP contribution is -2.41. The maximum absolute atomic E-state index is 13.5. The molecule has 0 saturated carbocycles. The van der Waals surface area contributed by atoms with Crippen LogP contribution in [-0.2, 0) is 9.84 Å². The van der Waals surface area contributed by atoms with Crippen LogP contribution in [-0.4, -0.2) is 39.6 Å². The molecule has 20 heavy (non-hydrogen) atoms. The second kappa shape index (κ2) is 6.10. The third kappa shape index (κ3) is 3.49. The van der Waals surface area contributed by atoms with Gasteiger partial charge >= 0.3 is 0 Å². The summed E-state index contributed by atoms with van der Waals surface area (Å²) in [6, 6.07) is 4.74. The molecule has 1 fully saturated rings. The normalized spacial score (nSPS) is 19.9. The Morgan fingerprint density at radius 3 is 2.60 bits per heavy atom. The molecule has 0 spiro atoms. The molecule has 0 bridgehead atoms. The Hall–Kier alpha value is -1.14. The van der Waals surface area contributed by atoms with Crippen molar-refractivity contribution in [1.29, 1.82) is 0 Å². The number of nitrogens with one attached hydrogen (secondary N) is 1. The highest BCUT2D eigenvalue weighted by Crippen LogP contribution is 2.28. The van der Waals surface area contributed by atoms with E-state index in [1.54, 1.807) is 6.07 Å². The first-order valence-electron chi connectivity index (χ1n) is 6.91. The topological polar surface area (TPSA) is 49.4 Å². The van der Waals surface area contributed by atoms with Crippen molar-refractivity contribution in [2.24, 2.45) is 0 Å². The lowest BCUT2D eigenvalue weighted by Gasteiger charge is -2.32. The van der Waals surface area contributed by atoms with E-state index in [4.69, 9.17) is 0 Å². The first kappa shape index (κ1) is 15.3. The summed E-state index contributed by atoms with van der Waals surface area (Å²) in [5.41, 5.74) is 1.81. The van der Waals surface area contributed by atoms with E-state index in [0.29, 0.717) is 13.1 Å². The SMILES string of the molecule is CCNC(C)c1cc(F)ccc1N1CCS(=O)(=O)CC1. The number of rotatable bonds is 4. The molecule has 1 atom stereocenters. The number of hydrogen-bond donors (Lipinski definition) is 1. The average molecular weight is 300 g/mol. The minimum absolute atomic E-state index is 0.0317. The maximum atomic E-state index is 13.5. The Morgan fingerprint density at radius 2 is 2.00 bits per heavy atom. The summed E-state index contributed by atoms with van der Waals surface area (Å²) in [6.07, 6.45) is 0. The fourth-order valence-corrected chi connectivity index (χ4v) is 3.73. The molecule has 1 aliphatic rings. The van der Waals surface area contributed by atoms with E-state index in [2.05, 4.69) is 5.32 Å². The van der Waals surface area contributed by atoms with E-state index in [-0.39, 0.29) is 23.4 Å². The van der Waals surface area contributed by atoms with Gasteiger partial charge in [-0.05, 0) is 37.2 Å². The number of nitrogens with zero attached hydrogens (tertiary/aromatic N) is 1. The predicted molar refractivity (Wildman–Crippen MR) is 79.4 cm³/mol. The molecule has 1 N–H and O–H groups in total. The minimum Gasteiger partial charge on any atom is -0.369 e. The molecule has 1 aromatic carbocycles. The van der Waals surface area contributed by atoms with Crippen molar-refractivity contribution in [3.8, 4) is 0 Å². The van der Waals surface area contributed by atoms with Gasteiger partial charge in [0.25, 0.3) is 0 Å². The number of halogens is 1. The Labute approximate surface area is 119 Å². The van der Waals surface area contributed by atoms with E-state index in [0.717, 1.165) is 17.8 Å². The fraction of sp³-hybridized carbons (Fsp3) is 0.571. The van der Waals surface area contributed by atoms with E-state index in [1.807, 2.05) is 18.7 Å². The standard InChI is InChI=1S/C14H21FN2O2S/c1-3-16-11(2)13-10-12(15)4-5-14(13)17-6-8-20(18,19)9-7-17/h4-5,10-11,16H,3,6-9H2,1-2H3. The van der Waals surface area contributed by atoms with Crippen LogP contribution in [0.3, 0.4) is 0 Å². The lowest BCUT2D eigenvalue weighted by atomic mass is 10.0. The summed E-state index contributed by atoms with van der Waals surface area (Å²) < 4.78 is 36.5. The molecular weight excluding hydrogens is 279 g/mol. The number of anilines is 1. The van der Waals surface area contributed by atoms with Crippen molar-refractivity contribution >= 4 is 15.5 Å². The van der Waals surface area contributed by atoms with E-state index in [1.165, 1.54) is 12.1 Å². The summed E-state index contributed by atoms with van der Waals surface area (Å²) in [7, 11) is -2.91. The molecule has 2 rings (SSSR count). The summed E-state index contributed by atoms with van der Waals surface area (Å²) in [5, 5.41) is 3.27. The van der Waals surface area contributed by atoms with Crippen LogP contribution in [0.25, 0.3) is 0 Å². The van der Waals surface area contributed by atoms with Gasteiger partial charge < -0.3 is 10.2 Å². The van der Waals surface area contributed by atoms with Crippen LogP contribution >= 0.6 is 0 Å². The average Bonchev–Trinajstić information content (AvgIpc) is 2.39. The van der Waals surface area contributed by atoms with Gasteiger partial charge in [0.2, 0.25) is 0 Å². The van der Waals surface area contributed by atoms with Crippen LogP contribution in [0.2, 0.25) is 0 Å². The Morgan fingerprint density at radius 1 is 1.35 bits per heavy atom. The highest BCUT2D eigenvalue weighted by molar-refractivity contribution is 7.91. The Kier molecular flexibility index (Phi) is 4.65. The summed E-state index contributed by atoms with van der Waals surface area (Å²) in [5.74, 6) is 0.0665. The number of hydrogen-bond acceptors (Lipinski definition) is 4. The third-order valence-corrected chi connectivity index (χ3v) is 5.26. The minimum atomic E-state index is -2.91. The molecule has 1 aliphatic heterocycles. The van der Waals surface area contributed by atoms with Gasteiger partial charge in [-0.25, -0.2) is 12.8 Å². The highest BCUT2D eigenvalue weighted by Gasteiger charge is 2.24. The third-order valence-electron chi connectivity index (χ3n) is 3.65. The van der Waals surface area contributed by atoms with Gasteiger partial charge in [-0.1, -0.05) is 6.92 Å². The van der Waals surface area contributed by atoms with E-state index in [9.17, 15) is 12.8 Å². The lowest BCUT2D eigenvalue weighted by molar-refractivity contribution is 0.575. The summed E-state index contributed by atoms with van der Waals surface area (Å²) >= 11 is 0. The van der Waals surface area contributed by atoms with E-state index < -0.39 is 9.84 Å². The van der Waals surface area contributed by atoms with Crippen LogP contribution < -0.4 is 10.2 Å². The Balaban J connectivity index is 2.27. The molecule has 112 valence electrons. The number of benzene rings is 1. The molecule has 1 unspecified atom stereocenters. The molecular formula is C14H21FN2O2S. The molecule has 1 aromatic rings. The molecule has 1 heterocycles. The molecule has 0 aliphatic carbocycles. The molecule has 1 saturated heterocycles.